The maximum Gasteiger partial charge on any atom is 0.129 e. The normalized spacial score (nSPS) is 21.5. The number of aliphatic hydroxyl groups is 1. The van der Waals surface area contributed by atoms with Gasteiger partial charge in [0.1, 0.15) is 18.1 Å². The number of furan rings is 1. The largest absolute Gasteiger partial charge is 0.462 e. The third-order valence-corrected chi connectivity index (χ3v) is 5.25. The highest BCUT2D eigenvalue weighted by molar-refractivity contribution is 5.15. The van der Waals surface area contributed by atoms with E-state index in [1.54, 1.807) is 7.11 Å². The number of likely N-dealkylation sites (tertiary alicyclic amines) is 1. The van der Waals surface area contributed by atoms with Gasteiger partial charge in [-0.1, -0.05) is 30.3 Å². The highest BCUT2D eigenvalue weighted by Crippen LogP contribution is 2.35. The Morgan fingerprint density at radius 3 is 2.72 bits per heavy atom. The van der Waals surface area contributed by atoms with Gasteiger partial charge in [0.05, 0.1) is 6.54 Å². The number of hydrogen-bond acceptors (Lipinski definition) is 4. The van der Waals surface area contributed by atoms with Crippen molar-refractivity contribution < 1.29 is 14.3 Å². The molecular formula is C21H29NO3. The van der Waals surface area contributed by atoms with Crippen LogP contribution in [0, 0.1) is 5.41 Å². The minimum absolute atomic E-state index is 0.00392. The highest BCUT2D eigenvalue weighted by Gasteiger charge is 2.34. The third kappa shape index (κ3) is 4.94. The van der Waals surface area contributed by atoms with Crippen molar-refractivity contribution in [1.29, 1.82) is 0 Å². The molecule has 0 saturated carbocycles. The van der Waals surface area contributed by atoms with Gasteiger partial charge in [0.15, 0.2) is 0 Å². The van der Waals surface area contributed by atoms with Gasteiger partial charge in [-0.2, -0.15) is 0 Å². The van der Waals surface area contributed by atoms with Crippen LogP contribution in [0.25, 0.3) is 0 Å². The van der Waals surface area contributed by atoms with Gasteiger partial charge >= 0.3 is 0 Å². The smallest absolute Gasteiger partial charge is 0.129 e. The molecule has 25 heavy (non-hydrogen) atoms. The van der Waals surface area contributed by atoms with Crippen LogP contribution in [0.4, 0.5) is 0 Å². The van der Waals surface area contributed by atoms with Crippen LogP contribution in [0.15, 0.2) is 46.9 Å². The predicted molar refractivity (Wildman–Crippen MR) is 98.2 cm³/mol. The molecule has 1 aromatic heterocycles. The summed E-state index contributed by atoms with van der Waals surface area (Å²) in [5.74, 6) is 1.84. The molecule has 0 radical (unpaired) electrons. The molecule has 1 N–H and O–H groups in total. The number of ether oxygens (including phenoxy) is 1. The van der Waals surface area contributed by atoms with Crippen LogP contribution >= 0.6 is 0 Å². The van der Waals surface area contributed by atoms with Crippen LogP contribution in [0.1, 0.15) is 36.3 Å². The summed E-state index contributed by atoms with van der Waals surface area (Å²) in [5.41, 5.74) is 1.35. The molecule has 3 rings (SSSR count). The van der Waals surface area contributed by atoms with E-state index in [9.17, 15) is 5.11 Å². The van der Waals surface area contributed by atoms with Crippen LogP contribution in [0.3, 0.4) is 0 Å². The van der Waals surface area contributed by atoms with E-state index in [0.29, 0.717) is 6.61 Å². The lowest BCUT2D eigenvalue weighted by Crippen LogP contribution is -2.45. The number of nitrogens with zero attached hydrogens (tertiary/aromatic N) is 1. The van der Waals surface area contributed by atoms with Gasteiger partial charge in [0, 0.05) is 25.7 Å². The summed E-state index contributed by atoms with van der Waals surface area (Å²) >= 11 is 0. The molecule has 0 spiro atoms. The van der Waals surface area contributed by atoms with Gasteiger partial charge in [-0.25, -0.2) is 0 Å². The molecule has 1 saturated heterocycles. The summed E-state index contributed by atoms with van der Waals surface area (Å²) in [7, 11) is 1.68. The molecule has 0 aliphatic carbocycles. The average molecular weight is 343 g/mol. The van der Waals surface area contributed by atoms with E-state index >= 15 is 0 Å². The minimum atomic E-state index is -0.00392. The fourth-order valence-electron chi connectivity index (χ4n) is 3.86. The number of hydrogen-bond donors (Lipinski definition) is 1. The second-order valence-electron chi connectivity index (χ2n) is 7.26. The van der Waals surface area contributed by atoms with E-state index in [-0.39, 0.29) is 12.0 Å². The molecule has 0 bridgehead atoms. The van der Waals surface area contributed by atoms with Crippen molar-refractivity contribution >= 4 is 0 Å². The van der Waals surface area contributed by atoms with E-state index < -0.39 is 0 Å². The Kier molecular flexibility index (Phi) is 6.29. The van der Waals surface area contributed by atoms with Crippen molar-refractivity contribution in [2.45, 2.75) is 38.8 Å². The second kappa shape index (κ2) is 8.65. The molecule has 1 atom stereocenters. The lowest BCUT2D eigenvalue weighted by Gasteiger charge is -2.41. The Morgan fingerprint density at radius 2 is 1.96 bits per heavy atom. The molecule has 1 fully saturated rings. The number of aryl methyl sites for hydroxylation is 1. The quantitative estimate of drug-likeness (QED) is 0.795. The van der Waals surface area contributed by atoms with E-state index in [4.69, 9.17) is 9.15 Å². The van der Waals surface area contributed by atoms with Crippen molar-refractivity contribution in [2.24, 2.45) is 5.41 Å². The Hall–Kier alpha value is -1.62. The third-order valence-electron chi connectivity index (χ3n) is 5.25. The van der Waals surface area contributed by atoms with E-state index in [0.717, 1.165) is 56.8 Å². The summed E-state index contributed by atoms with van der Waals surface area (Å²) in [6.45, 7) is 3.56. The summed E-state index contributed by atoms with van der Waals surface area (Å²) in [6.07, 6.45) is 4.27. The summed E-state index contributed by atoms with van der Waals surface area (Å²) in [6, 6.07) is 14.6. The minimum Gasteiger partial charge on any atom is -0.462 e. The maximum atomic E-state index is 10.1. The molecule has 1 aliphatic rings. The van der Waals surface area contributed by atoms with Crippen LogP contribution in [0.5, 0.6) is 0 Å². The first-order valence-electron chi connectivity index (χ1n) is 9.17. The predicted octanol–water partition coefficient (Wildman–Crippen LogP) is 3.63. The molecule has 0 unspecified atom stereocenters. The van der Waals surface area contributed by atoms with Crippen molar-refractivity contribution in [3.05, 3.63) is 59.5 Å². The summed E-state index contributed by atoms with van der Waals surface area (Å²) in [4.78, 5) is 2.42. The van der Waals surface area contributed by atoms with Crippen LogP contribution in [0.2, 0.25) is 0 Å². The SMILES string of the molecule is COCc1ccc(CN2CCC[C@@](CO)(CCc3ccccc3)C2)o1. The fraction of sp³-hybridized carbons (Fsp3) is 0.524. The number of piperidine rings is 1. The zero-order valence-corrected chi connectivity index (χ0v) is 15.1. The van der Waals surface area contributed by atoms with Crippen molar-refractivity contribution in [1.82, 2.24) is 4.90 Å². The Bertz CT molecular complexity index is 640. The molecule has 4 heteroatoms. The van der Waals surface area contributed by atoms with Crippen molar-refractivity contribution in [3.8, 4) is 0 Å². The molecule has 136 valence electrons. The van der Waals surface area contributed by atoms with Gasteiger partial charge < -0.3 is 14.3 Å². The van der Waals surface area contributed by atoms with Gasteiger partial charge in [0.25, 0.3) is 0 Å². The van der Waals surface area contributed by atoms with E-state index in [1.165, 1.54) is 5.56 Å². The number of aliphatic hydroxyl groups excluding tert-OH is 1. The zero-order valence-electron chi connectivity index (χ0n) is 15.1. The van der Waals surface area contributed by atoms with E-state index in [2.05, 4.69) is 35.2 Å². The number of methoxy groups -OCH3 is 1. The standard InChI is InChI=1S/C21H29NO3/c1-24-15-20-9-8-19(25-20)14-22-13-5-11-21(16-22,17-23)12-10-18-6-3-2-4-7-18/h2-4,6-9,23H,5,10-17H2,1H3/t21-/m1/s1. The first kappa shape index (κ1) is 18.2. The van der Waals surface area contributed by atoms with Gasteiger partial charge in [-0.3, -0.25) is 4.90 Å². The lowest BCUT2D eigenvalue weighted by atomic mass is 9.76. The Labute approximate surface area is 150 Å². The van der Waals surface area contributed by atoms with Crippen LogP contribution < -0.4 is 0 Å². The first-order chi connectivity index (χ1) is 12.2. The fourth-order valence-corrected chi connectivity index (χ4v) is 3.86. The summed E-state index contributed by atoms with van der Waals surface area (Å²) in [5, 5.41) is 10.1. The average Bonchev–Trinajstić information content (AvgIpc) is 3.08. The van der Waals surface area contributed by atoms with Gasteiger partial charge in [0.2, 0.25) is 0 Å². The van der Waals surface area contributed by atoms with Crippen LogP contribution in [-0.4, -0.2) is 36.8 Å². The van der Waals surface area contributed by atoms with Crippen LogP contribution in [-0.2, 0) is 24.3 Å². The highest BCUT2D eigenvalue weighted by atomic mass is 16.5. The molecule has 2 heterocycles. The van der Waals surface area contributed by atoms with Gasteiger partial charge in [-0.15, -0.1) is 0 Å². The van der Waals surface area contributed by atoms with Crippen molar-refractivity contribution in [2.75, 3.05) is 26.8 Å². The van der Waals surface area contributed by atoms with Gasteiger partial charge in [-0.05, 0) is 49.9 Å². The van der Waals surface area contributed by atoms with E-state index in [1.807, 2.05) is 12.1 Å². The Balaban J connectivity index is 1.59. The zero-order chi connectivity index (χ0) is 17.5. The lowest BCUT2D eigenvalue weighted by molar-refractivity contribution is 0.0195. The maximum absolute atomic E-state index is 10.1. The monoisotopic (exact) mass is 343 g/mol. The summed E-state index contributed by atoms with van der Waals surface area (Å²) < 4.78 is 10.9. The Morgan fingerprint density at radius 1 is 1.16 bits per heavy atom. The molecule has 4 nitrogen and oxygen atoms in total. The molecule has 2 aromatic rings. The topological polar surface area (TPSA) is 45.8 Å². The molecule has 1 aliphatic heterocycles. The van der Waals surface area contributed by atoms with Crippen molar-refractivity contribution in [3.63, 3.8) is 0 Å². The molecular weight excluding hydrogens is 314 g/mol. The molecule has 1 aromatic carbocycles. The second-order valence-corrected chi connectivity index (χ2v) is 7.26. The molecule has 0 amide bonds. The number of benzene rings is 1. The number of rotatable bonds is 8. The first-order valence-corrected chi connectivity index (χ1v) is 9.17.